The fourth-order valence-electron chi connectivity index (χ4n) is 1.28. The van der Waals surface area contributed by atoms with Gasteiger partial charge in [0.05, 0.1) is 11.5 Å². The van der Waals surface area contributed by atoms with Gasteiger partial charge in [0.15, 0.2) is 0 Å². The molecule has 0 amide bonds. The van der Waals surface area contributed by atoms with Crippen molar-refractivity contribution >= 4 is 11.5 Å². The number of hydrogen-bond donors (Lipinski definition) is 1. The normalized spacial score (nSPS) is 10.0. The van der Waals surface area contributed by atoms with Gasteiger partial charge in [-0.25, -0.2) is 4.98 Å². The molecule has 94 valence electrons. The Kier molecular flexibility index (Phi) is 5.12. The zero-order valence-corrected chi connectivity index (χ0v) is 9.97. The zero-order chi connectivity index (χ0) is 12.7. The second-order valence-electron chi connectivity index (χ2n) is 3.35. The van der Waals surface area contributed by atoms with Crippen molar-refractivity contribution in [2.24, 2.45) is 0 Å². The lowest BCUT2D eigenvalue weighted by atomic mass is 10.3. The number of unbranched alkanes of at least 4 members (excludes halogenated alkanes) is 1. The van der Waals surface area contributed by atoms with Crippen LogP contribution in [0.3, 0.4) is 0 Å². The number of hydrogen-bond acceptors (Lipinski definition) is 6. The van der Waals surface area contributed by atoms with Crippen LogP contribution in [0.25, 0.3) is 0 Å². The Morgan fingerprint density at radius 3 is 2.82 bits per heavy atom. The molecule has 17 heavy (non-hydrogen) atoms. The van der Waals surface area contributed by atoms with Crippen LogP contribution in [0.4, 0.5) is 11.5 Å². The van der Waals surface area contributed by atoms with Crippen LogP contribution in [0.2, 0.25) is 0 Å². The van der Waals surface area contributed by atoms with Gasteiger partial charge < -0.3 is 10.1 Å². The molecule has 1 heterocycles. The van der Waals surface area contributed by atoms with E-state index in [-0.39, 0.29) is 17.4 Å². The number of aromatic nitrogens is 2. The molecule has 1 rings (SSSR count). The summed E-state index contributed by atoms with van der Waals surface area (Å²) in [6.45, 7) is 4.75. The van der Waals surface area contributed by atoms with Crippen LogP contribution in [-0.2, 0) is 0 Å². The van der Waals surface area contributed by atoms with Crippen molar-refractivity contribution in [2.75, 3.05) is 18.5 Å². The standard InChI is InChI=1S/C10H16N4O3/c1-3-5-6-11-9-8(14(15)16)10(17-4-2)13-7-12-9/h7H,3-6H2,1-2H3,(H,11,12,13). The molecule has 7 nitrogen and oxygen atoms in total. The summed E-state index contributed by atoms with van der Waals surface area (Å²) in [4.78, 5) is 18.1. The highest BCUT2D eigenvalue weighted by Gasteiger charge is 2.23. The molecule has 1 N–H and O–H groups in total. The predicted molar refractivity (Wildman–Crippen MR) is 63.3 cm³/mol. The topological polar surface area (TPSA) is 90.2 Å². The van der Waals surface area contributed by atoms with E-state index in [1.165, 1.54) is 6.33 Å². The summed E-state index contributed by atoms with van der Waals surface area (Å²) in [5, 5.41) is 13.9. The number of ether oxygens (including phenoxy) is 1. The van der Waals surface area contributed by atoms with Crippen LogP contribution >= 0.6 is 0 Å². The summed E-state index contributed by atoms with van der Waals surface area (Å²) in [5.74, 6) is 0.216. The van der Waals surface area contributed by atoms with Crippen molar-refractivity contribution in [3.63, 3.8) is 0 Å². The predicted octanol–water partition coefficient (Wildman–Crippen LogP) is 2.00. The first kappa shape index (κ1) is 13.1. The molecular formula is C10H16N4O3. The van der Waals surface area contributed by atoms with Crippen LogP contribution < -0.4 is 10.1 Å². The Morgan fingerprint density at radius 2 is 2.24 bits per heavy atom. The third-order valence-electron chi connectivity index (χ3n) is 2.08. The van der Waals surface area contributed by atoms with E-state index < -0.39 is 4.92 Å². The van der Waals surface area contributed by atoms with Gasteiger partial charge in [0.2, 0.25) is 5.82 Å². The lowest BCUT2D eigenvalue weighted by Crippen LogP contribution is -2.08. The Balaban J connectivity index is 2.94. The third kappa shape index (κ3) is 3.54. The van der Waals surface area contributed by atoms with Crippen LogP contribution in [0.5, 0.6) is 5.88 Å². The highest BCUT2D eigenvalue weighted by Crippen LogP contribution is 2.30. The molecule has 0 unspecified atom stereocenters. The van der Waals surface area contributed by atoms with E-state index >= 15 is 0 Å². The first-order valence-corrected chi connectivity index (χ1v) is 5.56. The van der Waals surface area contributed by atoms with Gasteiger partial charge in [-0.1, -0.05) is 13.3 Å². The Labute approximate surface area is 99.4 Å². The Hall–Kier alpha value is -1.92. The van der Waals surface area contributed by atoms with Crippen molar-refractivity contribution in [1.29, 1.82) is 0 Å². The molecule has 0 aliphatic rings. The second kappa shape index (κ2) is 6.62. The number of nitrogens with zero attached hydrogens (tertiary/aromatic N) is 3. The van der Waals surface area contributed by atoms with Crippen LogP contribution in [0.15, 0.2) is 6.33 Å². The van der Waals surface area contributed by atoms with E-state index in [1.54, 1.807) is 6.92 Å². The quantitative estimate of drug-likeness (QED) is 0.445. The van der Waals surface area contributed by atoms with Crippen LogP contribution in [0, 0.1) is 10.1 Å². The summed E-state index contributed by atoms with van der Waals surface area (Å²) in [7, 11) is 0. The van der Waals surface area contributed by atoms with Gasteiger partial charge in [-0.2, -0.15) is 4.98 Å². The Morgan fingerprint density at radius 1 is 1.47 bits per heavy atom. The van der Waals surface area contributed by atoms with Crippen LogP contribution in [0.1, 0.15) is 26.7 Å². The largest absolute Gasteiger partial charge is 0.473 e. The molecule has 7 heteroatoms. The molecule has 1 aromatic rings. The summed E-state index contributed by atoms with van der Waals surface area (Å²) in [6.07, 6.45) is 3.18. The minimum atomic E-state index is -0.528. The van der Waals surface area contributed by atoms with Gasteiger partial charge >= 0.3 is 5.69 Å². The van der Waals surface area contributed by atoms with Crippen molar-refractivity contribution in [2.45, 2.75) is 26.7 Å². The van der Waals surface area contributed by atoms with E-state index in [1.807, 2.05) is 6.92 Å². The number of anilines is 1. The van der Waals surface area contributed by atoms with Gasteiger partial charge in [0, 0.05) is 6.54 Å². The van der Waals surface area contributed by atoms with Crippen molar-refractivity contribution in [1.82, 2.24) is 9.97 Å². The monoisotopic (exact) mass is 240 g/mol. The van der Waals surface area contributed by atoms with Crippen molar-refractivity contribution < 1.29 is 9.66 Å². The summed E-state index contributed by atoms with van der Waals surface area (Å²) < 4.78 is 5.11. The maximum atomic E-state index is 11.0. The number of nitro groups is 1. The van der Waals surface area contributed by atoms with Gasteiger partial charge in [0.1, 0.15) is 6.33 Å². The molecular weight excluding hydrogens is 224 g/mol. The van der Waals surface area contributed by atoms with E-state index in [0.29, 0.717) is 13.2 Å². The van der Waals surface area contributed by atoms with Crippen LogP contribution in [-0.4, -0.2) is 28.0 Å². The fourth-order valence-corrected chi connectivity index (χ4v) is 1.28. The molecule has 1 aromatic heterocycles. The minimum absolute atomic E-state index is 0.00602. The highest BCUT2D eigenvalue weighted by atomic mass is 16.6. The molecule has 0 radical (unpaired) electrons. The SMILES string of the molecule is CCCCNc1ncnc(OCC)c1[N+](=O)[O-]. The lowest BCUT2D eigenvalue weighted by Gasteiger charge is -2.07. The zero-order valence-electron chi connectivity index (χ0n) is 9.97. The average molecular weight is 240 g/mol. The summed E-state index contributed by atoms with van der Waals surface area (Å²) >= 11 is 0. The van der Waals surface area contributed by atoms with Gasteiger partial charge in [-0.15, -0.1) is 0 Å². The molecule has 0 bridgehead atoms. The molecule has 0 saturated heterocycles. The molecule has 0 aliphatic heterocycles. The maximum absolute atomic E-state index is 11.0. The second-order valence-corrected chi connectivity index (χ2v) is 3.35. The molecule has 0 saturated carbocycles. The van der Waals surface area contributed by atoms with Gasteiger partial charge in [0.25, 0.3) is 5.88 Å². The van der Waals surface area contributed by atoms with E-state index in [9.17, 15) is 10.1 Å². The molecule has 0 spiro atoms. The first-order chi connectivity index (χ1) is 8.20. The Bertz CT molecular complexity index is 384. The third-order valence-corrected chi connectivity index (χ3v) is 2.08. The van der Waals surface area contributed by atoms with Gasteiger partial charge in [-0.3, -0.25) is 10.1 Å². The number of rotatable bonds is 7. The smallest absolute Gasteiger partial charge is 0.372 e. The highest BCUT2D eigenvalue weighted by molar-refractivity contribution is 5.60. The molecule has 0 aromatic carbocycles. The molecule has 0 fully saturated rings. The minimum Gasteiger partial charge on any atom is -0.473 e. The first-order valence-electron chi connectivity index (χ1n) is 5.56. The number of nitrogens with one attached hydrogen (secondary N) is 1. The molecule has 0 atom stereocenters. The van der Waals surface area contributed by atoms with E-state index in [4.69, 9.17) is 4.74 Å². The average Bonchev–Trinajstić information content (AvgIpc) is 2.29. The summed E-state index contributed by atoms with van der Waals surface area (Å²) in [5.41, 5.74) is -0.203. The van der Waals surface area contributed by atoms with E-state index in [2.05, 4.69) is 15.3 Å². The summed E-state index contributed by atoms with van der Waals surface area (Å²) in [6, 6.07) is 0. The lowest BCUT2D eigenvalue weighted by molar-refractivity contribution is -0.385. The fraction of sp³-hybridized carbons (Fsp3) is 0.600. The van der Waals surface area contributed by atoms with Gasteiger partial charge in [-0.05, 0) is 13.3 Å². The van der Waals surface area contributed by atoms with Crippen molar-refractivity contribution in [3.8, 4) is 5.88 Å². The maximum Gasteiger partial charge on any atom is 0.372 e. The van der Waals surface area contributed by atoms with E-state index in [0.717, 1.165) is 12.8 Å². The molecule has 0 aliphatic carbocycles. The van der Waals surface area contributed by atoms with Crippen molar-refractivity contribution in [3.05, 3.63) is 16.4 Å².